The fourth-order valence-electron chi connectivity index (χ4n) is 2.64. The van der Waals surface area contributed by atoms with E-state index in [4.69, 9.17) is 5.21 Å². The van der Waals surface area contributed by atoms with Crippen LogP contribution in [0.3, 0.4) is 0 Å². The maximum absolute atomic E-state index is 8.83. The van der Waals surface area contributed by atoms with Gasteiger partial charge < -0.3 is 0 Å². The summed E-state index contributed by atoms with van der Waals surface area (Å²) in [6.45, 7) is 6.23. The van der Waals surface area contributed by atoms with Crippen LogP contribution in [-0.2, 0) is 0 Å². The molecule has 18 heavy (non-hydrogen) atoms. The van der Waals surface area contributed by atoms with Crippen molar-refractivity contribution in [3.8, 4) is 6.07 Å². The lowest BCUT2D eigenvalue weighted by molar-refractivity contribution is 0.465. The first-order chi connectivity index (χ1) is 8.70. The summed E-state index contributed by atoms with van der Waals surface area (Å²) in [5.74, 6) is 0. The van der Waals surface area contributed by atoms with E-state index in [1.807, 2.05) is 13.0 Å². The molecule has 0 unspecified atom stereocenters. The van der Waals surface area contributed by atoms with Crippen molar-refractivity contribution in [1.82, 2.24) is 0 Å². The fraction of sp³-hybridized carbons (Fsp3) is 0.312. The van der Waals surface area contributed by atoms with Gasteiger partial charge in [0, 0.05) is 5.57 Å². The molecule has 0 saturated heterocycles. The van der Waals surface area contributed by atoms with Gasteiger partial charge in [0.15, 0.2) is 0 Å². The van der Waals surface area contributed by atoms with Crippen LogP contribution in [0.1, 0.15) is 33.6 Å². The molecule has 1 N–H and O–H groups in total. The third-order valence-corrected chi connectivity index (χ3v) is 3.28. The molecule has 2 aliphatic carbocycles. The first-order valence-corrected chi connectivity index (χ1v) is 6.26. The lowest BCUT2D eigenvalue weighted by Crippen LogP contribution is -1.93. The quantitative estimate of drug-likeness (QED) is 0.667. The predicted molar refractivity (Wildman–Crippen MR) is 74.6 cm³/mol. The molecule has 0 aromatic carbocycles. The molecule has 92 valence electrons. The van der Waals surface area contributed by atoms with Crippen molar-refractivity contribution >= 4 is 0 Å². The Labute approximate surface area is 108 Å². The minimum Gasteiger partial charge on any atom is -0.177 e. The van der Waals surface area contributed by atoms with Crippen LogP contribution in [0, 0.1) is 6.07 Å². The molecule has 0 bridgehead atoms. The van der Waals surface area contributed by atoms with Gasteiger partial charge in [-0.15, -0.1) is 0 Å². The largest absolute Gasteiger partial charge is 0.389 e. The summed E-state index contributed by atoms with van der Waals surface area (Å²) in [6.07, 6.45) is 10.5. The molecule has 0 amide bonds. The standard InChI is InChI=1S/C16H17NO/c1-4-7-13-15(10-17-18)12-8-5-6-9-14(12)16(13)11(2)3/h4,6-7,9H,5,8H2,1-3H3/p+1/b7-4-. The number of hydrogen-bond acceptors (Lipinski definition) is 1. The van der Waals surface area contributed by atoms with Gasteiger partial charge in [0.1, 0.15) is 5.57 Å². The molecule has 0 aromatic heterocycles. The lowest BCUT2D eigenvalue weighted by Gasteiger charge is -2.11. The molecule has 2 nitrogen and oxygen atoms in total. The summed E-state index contributed by atoms with van der Waals surface area (Å²) in [6, 6.07) is 2.75. The van der Waals surface area contributed by atoms with Crippen LogP contribution in [0.4, 0.5) is 0 Å². The molecule has 2 heteroatoms. The number of allylic oxidation sites excluding steroid dienone is 10. The molecule has 0 heterocycles. The van der Waals surface area contributed by atoms with Gasteiger partial charge >= 0.3 is 6.07 Å². The van der Waals surface area contributed by atoms with Gasteiger partial charge in [0.25, 0.3) is 0 Å². The number of nitrogens with zero attached hydrogens (tertiary/aromatic N) is 1. The predicted octanol–water partition coefficient (Wildman–Crippen LogP) is 4.58. The molecule has 0 aliphatic heterocycles. The molecule has 0 saturated carbocycles. The van der Waals surface area contributed by atoms with E-state index < -0.39 is 0 Å². The highest BCUT2D eigenvalue weighted by Crippen LogP contribution is 2.43. The SMILES string of the molecule is C/C=C\C1=C(C#[N+]O)C2=C(C=CCC2)C1=C(C)C. The molecule has 0 atom stereocenters. The maximum Gasteiger partial charge on any atom is 0.389 e. The second-order valence-corrected chi connectivity index (χ2v) is 4.71. The highest BCUT2D eigenvalue weighted by atomic mass is 16.4. The molecule has 0 radical (unpaired) electrons. The summed E-state index contributed by atoms with van der Waals surface area (Å²) in [7, 11) is 0. The van der Waals surface area contributed by atoms with Gasteiger partial charge in [-0.3, -0.25) is 0 Å². The highest BCUT2D eigenvalue weighted by Gasteiger charge is 2.30. The zero-order valence-electron chi connectivity index (χ0n) is 11.1. The number of hydrogen-bond donors (Lipinski definition) is 1. The van der Waals surface area contributed by atoms with E-state index in [0.717, 1.165) is 24.0 Å². The van der Waals surface area contributed by atoms with Gasteiger partial charge in [-0.1, -0.05) is 29.9 Å². The van der Waals surface area contributed by atoms with E-state index >= 15 is 0 Å². The van der Waals surface area contributed by atoms with Crippen LogP contribution in [-0.4, -0.2) is 5.21 Å². The normalized spacial score (nSPS) is 18.3. The Morgan fingerprint density at radius 1 is 1.44 bits per heavy atom. The minimum atomic E-state index is 0.936. The topological polar surface area (TPSA) is 24.6 Å². The van der Waals surface area contributed by atoms with Crippen molar-refractivity contribution < 1.29 is 5.21 Å². The summed E-state index contributed by atoms with van der Waals surface area (Å²) in [5.41, 5.74) is 7.10. The molecule has 0 fully saturated rings. The summed E-state index contributed by atoms with van der Waals surface area (Å²) in [5, 5.41) is 11.9. The van der Waals surface area contributed by atoms with Crippen molar-refractivity contribution in [3.63, 3.8) is 0 Å². The van der Waals surface area contributed by atoms with E-state index in [9.17, 15) is 0 Å². The second kappa shape index (κ2) is 5.10. The Hall–Kier alpha value is -2.01. The zero-order chi connectivity index (χ0) is 13.1. The van der Waals surface area contributed by atoms with E-state index in [0.29, 0.717) is 0 Å². The first kappa shape index (κ1) is 12.4. The average Bonchev–Trinajstić information content (AvgIpc) is 2.65. The van der Waals surface area contributed by atoms with Crippen molar-refractivity contribution in [2.45, 2.75) is 33.6 Å². The van der Waals surface area contributed by atoms with Crippen molar-refractivity contribution in [3.05, 3.63) is 62.8 Å². The molecule has 0 spiro atoms. The molecule has 0 aromatic rings. The average molecular weight is 240 g/mol. The van der Waals surface area contributed by atoms with Crippen molar-refractivity contribution in [2.24, 2.45) is 0 Å². The van der Waals surface area contributed by atoms with E-state index in [-0.39, 0.29) is 0 Å². The van der Waals surface area contributed by atoms with Crippen LogP contribution < -0.4 is 0 Å². The minimum absolute atomic E-state index is 0.936. The van der Waals surface area contributed by atoms with Crippen molar-refractivity contribution in [1.29, 1.82) is 0 Å². The van der Waals surface area contributed by atoms with Crippen molar-refractivity contribution in [2.75, 3.05) is 0 Å². The Kier molecular flexibility index (Phi) is 3.53. The van der Waals surface area contributed by atoms with Gasteiger partial charge in [-0.25, -0.2) is 0 Å². The smallest absolute Gasteiger partial charge is 0.177 e. The Morgan fingerprint density at radius 2 is 2.22 bits per heavy atom. The van der Waals surface area contributed by atoms with Crippen LogP contribution in [0.25, 0.3) is 5.01 Å². The third kappa shape index (κ3) is 1.93. The summed E-state index contributed by atoms with van der Waals surface area (Å²) >= 11 is 0. The van der Waals surface area contributed by atoms with E-state index in [1.165, 1.54) is 22.3 Å². The molecular weight excluding hydrogens is 222 g/mol. The van der Waals surface area contributed by atoms with E-state index in [1.54, 1.807) is 0 Å². The van der Waals surface area contributed by atoms with Crippen LogP contribution in [0.15, 0.2) is 57.7 Å². The summed E-state index contributed by atoms with van der Waals surface area (Å²) in [4.78, 5) is 0. The molecule has 2 rings (SSSR count). The van der Waals surface area contributed by atoms with Crippen LogP contribution >= 0.6 is 0 Å². The van der Waals surface area contributed by atoms with Gasteiger partial charge in [-0.05, 0) is 50.3 Å². The molecular formula is C16H18NO+. The Bertz CT molecular complexity index is 582. The van der Waals surface area contributed by atoms with Gasteiger partial charge in [0.05, 0.1) is 0 Å². The first-order valence-electron chi connectivity index (χ1n) is 6.26. The van der Waals surface area contributed by atoms with Gasteiger partial charge in [0.2, 0.25) is 5.01 Å². The number of rotatable bonds is 1. The summed E-state index contributed by atoms with van der Waals surface area (Å²) < 4.78 is 0. The Morgan fingerprint density at radius 3 is 2.83 bits per heavy atom. The third-order valence-electron chi connectivity index (χ3n) is 3.28. The van der Waals surface area contributed by atoms with E-state index in [2.05, 4.69) is 43.2 Å². The van der Waals surface area contributed by atoms with Gasteiger partial charge in [-0.2, -0.15) is 5.21 Å². The fourth-order valence-corrected chi connectivity index (χ4v) is 2.64. The Balaban J connectivity index is 2.72. The zero-order valence-corrected chi connectivity index (χ0v) is 11.1. The van der Waals surface area contributed by atoms with Crippen LogP contribution in [0.2, 0.25) is 0 Å². The van der Waals surface area contributed by atoms with Crippen LogP contribution in [0.5, 0.6) is 0 Å². The molecule has 2 aliphatic rings. The lowest BCUT2D eigenvalue weighted by atomic mass is 9.93. The second-order valence-electron chi connectivity index (χ2n) is 4.71. The maximum atomic E-state index is 8.83. The monoisotopic (exact) mass is 240 g/mol. The highest BCUT2D eigenvalue weighted by molar-refractivity contribution is 5.75.